The summed E-state index contributed by atoms with van der Waals surface area (Å²) in [6.45, 7) is 2.46. The average Bonchev–Trinajstić information content (AvgIpc) is 3.08. The lowest BCUT2D eigenvalue weighted by Gasteiger charge is -2.34. The first-order valence-electron chi connectivity index (χ1n) is 8.35. The van der Waals surface area contributed by atoms with Gasteiger partial charge in [-0.2, -0.15) is 10.1 Å². The third-order valence-corrected chi connectivity index (χ3v) is 4.57. The number of hydrogen-bond acceptors (Lipinski definition) is 6. The number of aromatic nitrogens is 1. The fraction of sp³-hybridized carbons (Fsp3) is 0.412. The second-order valence-corrected chi connectivity index (χ2v) is 6.21. The van der Waals surface area contributed by atoms with Crippen molar-refractivity contribution in [3.8, 4) is 0 Å². The van der Waals surface area contributed by atoms with E-state index in [-0.39, 0.29) is 11.8 Å². The Morgan fingerprint density at radius 3 is 2.60 bits per heavy atom. The van der Waals surface area contributed by atoms with Gasteiger partial charge in [-0.15, -0.1) is 0 Å². The van der Waals surface area contributed by atoms with Gasteiger partial charge in [-0.1, -0.05) is 12.1 Å². The van der Waals surface area contributed by atoms with Crippen LogP contribution in [0.1, 0.15) is 12.8 Å². The molecule has 0 N–H and O–H groups in total. The maximum atomic E-state index is 12.6. The van der Waals surface area contributed by atoms with Crippen molar-refractivity contribution < 1.29 is 14.0 Å². The predicted octanol–water partition coefficient (Wildman–Crippen LogP) is 1.08. The van der Waals surface area contributed by atoms with Crippen molar-refractivity contribution in [3.05, 3.63) is 24.3 Å². The lowest BCUT2D eigenvalue weighted by atomic mass is 10.1. The Kier molecular flexibility index (Phi) is 3.87. The molecule has 25 heavy (non-hydrogen) atoms. The number of nitrogens with zero attached hydrogens (tertiary/aromatic N) is 5. The Balaban J connectivity index is 1.42. The molecule has 0 unspecified atom stereocenters. The van der Waals surface area contributed by atoms with Crippen molar-refractivity contribution in [1.29, 1.82) is 0 Å². The zero-order valence-corrected chi connectivity index (χ0v) is 14.0. The molecule has 0 bridgehead atoms. The molecule has 2 aliphatic rings. The molecule has 0 radical (unpaired) electrons. The maximum absolute atomic E-state index is 12.6. The molecule has 2 amide bonds. The number of amides is 2. The lowest BCUT2D eigenvalue weighted by Crippen LogP contribution is -2.51. The zero-order chi connectivity index (χ0) is 17.4. The molecule has 8 heteroatoms. The highest BCUT2D eigenvalue weighted by Gasteiger charge is 2.29. The Hall–Kier alpha value is -2.90. The van der Waals surface area contributed by atoms with Gasteiger partial charge in [-0.3, -0.25) is 9.59 Å². The number of carbonyl (C=O) groups is 2. The largest absolute Gasteiger partial charge is 0.423 e. The Morgan fingerprint density at radius 1 is 1.12 bits per heavy atom. The number of rotatable bonds is 2. The molecule has 1 aromatic carbocycles. The second kappa shape index (κ2) is 6.19. The summed E-state index contributed by atoms with van der Waals surface area (Å²) in [5.74, 6) is -0.145. The van der Waals surface area contributed by atoms with E-state index in [0.29, 0.717) is 50.7 Å². The number of fused-ring (bicyclic) bond motifs is 1. The number of para-hydroxylation sites is 2. The molecule has 0 atom stereocenters. The van der Waals surface area contributed by atoms with E-state index in [2.05, 4.69) is 10.1 Å². The fourth-order valence-corrected chi connectivity index (χ4v) is 3.10. The molecule has 130 valence electrons. The van der Waals surface area contributed by atoms with E-state index in [0.717, 1.165) is 11.1 Å². The van der Waals surface area contributed by atoms with Gasteiger partial charge in [0.25, 0.3) is 11.9 Å². The smallest absolute Gasteiger partial charge is 0.298 e. The van der Waals surface area contributed by atoms with Gasteiger partial charge in [-0.25, -0.2) is 5.01 Å². The van der Waals surface area contributed by atoms with Crippen molar-refractivity contribution in [3.63, 3.8) is 0 Å². The fourth-order valence-electron chi connectivity index (χ4n) is 3.10. The highest BCUT2D eigenvalue weighted by atomic mass is 16.4. The molecule has 2 aliphatic heterocycles. The van der Waals surface area contributed by atoms with Crippen molar-refractivity contribution >= 4 is 34.6 Å². The number of hydrazone groups is 1. The summed E-state index contributed by atoms with van der Waals surface area (Å²) in [5, 5.41) is 5.36. The highest BCUT2D eigenvalue weighted by molar-refractivity contribution is 6.39. The maximum Gasteiger partial charge on any atom is 0.298 e. The van der Waals surface area contributed by atoms with Gasteiger partial charge in [0.15, 0.2) is 5.58 Å². The molecule has 1 aromatic heterocycles. The standard InChI is InChI=1S/C17H19N5O3/c1-20-15(23)7-6-13(19-20)16(24)21-8-10-22(11-9-21)17-18-12-4-2-3-5-14(12)25-17/h2-5H,6-11H2,1H3. The van der Waals surface area contributed by atoms with Crippen LogP contribution in [0.5, 0.6) is 0 Å². The molecular formula is C17H19N5O3. The summed E-state index contributed by atoms with van der Waals surface area (Å²) in [7, 11) is 1.58. The van der Waals surface area contributed by atoms with Gasteiger partial charge in [0.05, 0.1) is 0 Å². The molecule has 1 fully saturated rings. The van der Waals surface area contributed by atoms with Crippen molar-refractivity contribution in [2.24, 2.45) is 5.10 Å². The van der Waals surface area contributed by atoms with Crippen LogP contribution in [0.3, 0.4) is 0 Å². The molecule has 3 heterocycles. The number of anilines is 1. The van der Waals surface area contributed by atoms with Crippen LogP contribution in [0.25, 0.3) is 11.1 Å². The molecule has 0 saturated carbocycles. The van der Waals surface area contributed by atoms with Crippen molar-refractivity contribution in [2.45, 2.75) is 12.8 Å². The minimum absolute atomic E-state index is 0.0580. The third-order valence-electron chi connectivity index (χ3n) is 4.57. The monoisotopic (exact) mass is 341 g/mol. The molecule has 8 nitrogen and oxygen atoms in total. The normalized spacial score (nSPS) is 18.7. The summed E-state index contributed by atoms with van der Waals surface area (Å²) in [4.78, 5) is 32.4. The van der Waals surface area contributed by atoms with Gasteiger partial charge in [0.1, 0.15) is 11.2 Å². The highest BCUT2D eigenvalue weighted by Crippen LogP contribution is 2.22. The summed E-state index contributed by atoms with van der Waals surface area (Å²) >= 11 is 0. The van der Waals surface area contributed by atoms with Crippen LogP contribution in [0, 0.1) is 0 Å². The van der Waals surface area contributed by atoms with Gasteiger partial charge in [-0.05, 0) is 12.1 Å². The van der Waals surface area contributed by atoms with Crippen LogP contribution >= 0.6 is 0 Å². The molecule has 0 aliphatic carbocycles. The first kappa shape index (κ1) is 15.6. The van der Waals surface area contributed by atoms with E-state index in [1.165, 1.54) is 5.01 Å². The van der Waals surface area contributed by atoms with Crippen LogP contribution in [-0.4, -0.2) is 65.6 Å². The summed E-state index contributed by atoms with van der Waals surface area (Å²) in [6.07, 6.45) is 0.747. The molecular weight excluding hydrogens is 322 g/mol. The first-order valence-corrected chi connectivity index (χ1v) is 8.35. The second-order valence-electron chi connectivity index (χ2n) is 6.21. The molecule has 1 saturated heterocycles. The number of carbonyl (C=O) groups excluding carboxylic acids is 2. The van der Waals surface area contributed by atoms with E-state index >= 15 is 0 Å². The number of benzene rings is 1. The topological polar surface area (TPSA) is 82.2 Å². The van der Waals surface area contributed by atoms with E-state index in [4.69, 9.17) is 4.42 Å². The van der Waals surface area contributed by atoms with E-state index in [9.17, 15) is 9.59 Å². The first-order chi connectivity index (χ1) is 12.1. The van der Waals surface area contributed by atoms with Gasteiger partial charge >= 0.3 is 0 Å². The van der Waals surface area contributed by atoms with Gasteiger partial charge in [0.2, 0.25) is 5.91 Å². The summed E-state index contributed by atoms with van der Waals surface area (Å²) in [6, 6.07) is 8.25. The summed E-state index contributed by atoms with van der Waals surface area (Å²) in [5.41, 5.74) is 2.05. The zero-order valence-electron chi connectivity index (χ0n) is 14.0. The number of oxazole rings is 1. The number of piperazine rings is 1. The SMILES string of the molecule is CN1N=C(C(=O)N2CCN(c3nc4ccccc4o3)CC2)CCC1=O. The third kappa shape index (κ3) is 2.95. The molecule has 0 spiro atoms. The minimum atomic E-state index is -0.0865. The minimum Gasteiger partial charge on any atom is -0.423 e. The predicted molar refractivity (Wildman–Crippen MR) is 92.2 cm³/mol. The summed E-state index contributed by atoms with van der Waals surface area (Å²) < 4.78 is 5.79. The van der Waals surface area contributed by atoms with Crippen LogP contribution in [0.2, 0.25) is 0 Å². The van der Waals surface area contributed by atoms with Gasteiger partial charge < -0.3 is 14.2 Å². The Morgan fingerprint density at radius 2 is 1.88 bits per heavy atom. The molecule has 2 aromatic rings. The van der Waals surface area contributed by atoms with Crippen LogP contribution in [0.15, 0.2) is 33.8 Å². The Bertz CT molecular complexity index is 818. The van der Waals surface area contributed by atoms with Crippen molar-refractivity contribution in [2.75, 3.05) is 38.1 Å². The number of hydrogen-bond donors (Lipinski definition) is 0. The average molecular weight is 341 g/mol. The quantitative estimate of drug-likeness (QED) is 0.816. The van der Waals surface area contributed by atoms with Crippen LogP contribution in [0.4, 0.5) is 6.01 Å². The lowest BCUT2D eigenvalue weighted by molar-refractivity contribution is -0.130. The van der Waals surface area contributed by atoms with Crippen LogP contribution < -0.4 is 4.90 Å². The van der Waals surface area contributed by atoms with Gasteiger partial charge in [0, 0.05) is 46.1 Å². The Labute approximate surface area is 144 Å². The van der Waals surface area contributed by atoms with Crippen LogP contribution in [-0.2, 0) is 9.59 Å². The van der Waals surface area contributed by atoms with E-state index in [1.54, 1.807) is 11.9 Å². The van der Waals surface area contributed by atoms with Crippen molar-refractivity contribution in [1.82, 2.24) is 14.9 Å². The van der Waals surface area contributed by atoms with E-state index < -0.39 is 0 Å². The van der Waals surface area contributed by atoms with E-state index in [1.807, 2.05) is 29.2 Å². The molecule has 4 rings (SSSR count).